The molecule has 2 aliphatic heterocycles. The summed E-state index contributed by atoms with van der Waals surface area (Å²) in [7, 11) is 0. The molecule has 1 atom stereocenters. The average Bonchev–Trinajstić information content (AvgIpc) is 2.81. The number of morpholine rings is 1. The number of rotatable bonds is 10. The van der Waals surface area contributed by atoms with E-state index in [-0.39, 0.29) is 35.8 Å². The number of hydrogen-bond donors (Lipinski definition) is 2. The maximum absolute atomic E-state index is 13.4. The Bertz CT molecular complexity index is 653. The molecule has 0 saturated carbocycles. The average molecular weight is 564 g/mol. The van der Waals surface area contributed by atoms with Gasteiger partial charge < -0.3 is 24.8 Å². The molecule has 0 spiro atoms. The van der Waals surface area contributed by atoms with E-state index in [2.05, 4.69) is 22.5 Å². The molecule has 2 heterocycles. The summed E-state index contributed by atoms with van der Waals surface area (Å²) in [6, 6.07) is 6.86. The number of nitrogens with one attached hydrogen (secondary N) is 2. The van der Waals surface area contributed by atoms with Crippen LogP contribution in [0.15, 0.2) is 29.3 Å². The highest BCUT2D eigenvalue weighted by Crippen LogP contribution is 2.22. The van der Waals surface area contributed by atoms with E-state index >= 15 is 0 Å². The van der Waals surface area contributed by atoms with Crippen molar-refractivity contribution in [2.24, 2.45) is 4.99 Å². The van der Waals surface area contributed by atoms with Crippen LogP contribution >= 0.6 is 24.0 Å². The molecule has 2 fully saturated rings. The highest BCUT2D eigenvalue weighted by molar-refractivity contribution is 14.0. The maximum Gasteiger partial charge on any atom is 0.191 e. The van der Waals surface area contributed by atoms with Gasteiger partial charge in [-0.1, -0.05) is 12.1 Å². The number of aliphatic imine (C=N–C) groups is 1. The highest BCUT2D eigenvalue weighted by atomic mass is 127. The van der Waals surface area contributed by atoms with Crippen molar-refractivity contribution in [1.29, 1.82) is 0 Å². The molecule has 2 saturated heterocycles. The Labute approximate surface area is 208 Å². The molecule has 0 bridgehead atoms. The van der Waals surface area contributed by atoms with Crippen LogP contribution in [0.4, 0.5) is 4.39 Å². The predicted molar refractivity (Wildman–Crippen MR) is 135 cm³/mol. The van der Waals surface area contributed by atoms with Gasteiger partial charge in [-0.3, -0.25) is 9.89 Å². The van der Waals surface area contributed by atoms with Crippen LogP contribution in [-0.2, 0) is 14.2 Å². The van der Waals surface area contributed by atoms with Crippen molar-refractivity contribution in [2.45, 2.75) is 38.3 Å². The molecule has 2 aliphatic rings. The van der Waals surface area contributed by atoms with Gasteiger partial charge in [0.15, 0.2) is 5.96 Å². The molecule has 1 aromatic carbocycles. The Morgan fingerprint density at radius 2 is 1.81 bits per heavy atom. The second kappa shape index (κ2) is 15.8. The van der Waals surface area contributed by atoms with Gasteiger partial charge in [0.25, 0.3) is 0 Å². The standard InChI is InChI=1S/C23H37FN4O3.HI/c1-2-25-23(26-10-3-13-31-21-8-14-29-15-9-21)27-18-22(28-11-16-30-17-12-28)19-4-6-20(24)7-5-19;/h4-7,21-22H,2-3,8-18H2,1H3,(H2,25,26,27);1H. The van der Waals surface area contributed by atoms with Crippen molar-refractivity contribution in [3.8, 4) is 0 Å². The monoisotopic (exact) mass is 564 g/mol. The lowest BCUT2D eigenvalue weighted by Crippen LogP contribution is -2.42. The van der Waals surface area contributed by atoms with Gasteiger partial charge in [0.2, 0.25) is 0 Å². The summed E-state index contributed by atoms with van der Waals surface area (Å²) in [6.45, 7) is 9.73. The van der Waals surface area contributed by atoms with E-state index in [9.17, 15) is 4.39 Å². The lowest BCUT2D eigenvalue weighted by atomic mass is 10.0. The van der Waals surface area contributed by atoms with Crippen molar-refractivity contribution in [2.75, 3.05) is 65.8 Å². The lowest BCUT2D eigenvalue weighted by molar-refractivity contribution is -0.0320. The van der Waals surface area contributed by atoms with Gasteiger partial charge in [0.05, 0.1) is 31.9 Å². The van der Waals surface area contributed by atoms with E-state index in [0.717, 1.165) is 76.8 Å². The minimum atomic E-state index is -0.217. The fraction of sp³-hybridized carbons (Fsp3) is 0.696. The van der Waals surface area contributed by atoms with Crippen molar-refractivity contribution in [1.82, 2.24) is 15.5 Å². The van der Waals surface area contributed by atoms with Crippen LogP contribution < -0.4 is 10.6 Å². The summed E-state index contributed by atoms with van der Waals surface area (Å²) in [4.78, 5) is 7.20. The molecule has 1 aromatic rings. The number of ether oxygens (including phenoxy) is 3. The molecule has 0 aliphatic carbocycles. The first-order chi connectivity index (χ1) is 15.3. The second-order valence-electron chi connectivity index (χ2n) is 7.90. The molecule has 9 heteroatoms. The van der Waals surface area contributed by atoms with Gasteiger partial charge in [0.1, 0.15) is 5.82 Å². The van der Waals surface area contributed by atoms with E-state index in [1.165, 1.54) is 12.1 Å². The number of halogens is 2. The Balaban J connectivity index is 0.00000363. The zero-order valence-corrected chi connectivity index (χ0v) is 21.4. The van der Waals surface area contributed by atoms with Gasteiger partial charge >= 0.3 is 0 Å². The predicted octanol–water partition coefficient (Wildman–Crippen LogP) is 2.96. The van der Waals surface area contributed by atoms with Gasteiger partial charge in [-0.25, -0.2) is 4.39 Å². The van der Waals surface area contributed by atoms with Crippen LogP contribution in [0.1, 0.15) is 37.8 Å². The van der Waals surface area contributed by atoms with Crippen LogP contribution in [0, 0.1) is 5.82 Å². The summed E-state index contributed by atoms with van der Waals surface area (Å²) in [5, 5.41) is 6.73. The molecule has 7 nitrogen and oxygen atoms in total. The SMILES string of the molecule is CCNC(=NCC(c1ccc(F)cc1)N1CCOCC1)NCCCOC1CCOCC1.I. The topological polar surface area (TPSA) is 67.4 Å². The van der Waals surface area contributed by atoms with E-state index in [0.29, 0.717) is 25.9 Å². The van der Waals surface area contributed by atoms with E-state index < -0.39 is 0 Å². The van der Waals surface area contributed by atoms with Gasteiger partial charge in [-0.05, 0) is 43.9 Å². The summed E-state index contributed by atoms with van der Waals surface area (Å²) in [5.41, 5.74) is 1.08. The maximum atomic E-state index is 13.4. The fourth-order valence-corrected chi connectivity index (χ4v) is 3.90. The van der Waals surface area contributed by atoms with Crippen molar-refractivity contribution in [3.05, 3.63) is 35.6 Å². The molecule has 3 rings (SSSR count). The minimum Gasteiger partial charge on any atom is -0.381 e. The van der Waals surface area contributed by atoms with Crippen LogP contribution in [0.5, 0.6) is 0 Å². The molecular formula is C23H38FIN4O3. The number of benzene rings is 1. The molecular weight excluding hydrogens is 526 g/mol. The summed E-state index contributed by atoms with van der Waals surface area (Å²) in [6.07, 6.45) is 3.24. The van der Waals surface area contributed by atoms with Crippen molar-refractivity contribution >= 4 is 29.9 Å². The van der Waals surface area contributed by atoms with Gasteiger partial charge in [-0.2, -0.15) is 0 Å². The first-order valence-corrected chi connectivity index (χ1v) is 11.5. The first kappa shape index (κ1) is 27.2. The molecule has 0 radical (unpaired) electrons. The third-order valence-corrected chi connectivity index (χ3v) is 5.64. The Morgan fingerprint density at radius 1 is 1.12 bits per heavy atom. The van der Waals surface area contributed by atoms with Crippen molar-refractivity contribution < 1.29 is 18.6 Å². The van der Waals surface area contributed by atoms with E-state index in [1.54, 1.807) is 0 Å². The normalized spacial score (nSPS) is 19.2. The second-order valence-corrected chi connectivity index (χ2v) is 7.90. The zero-order valence-electron chi connectivity index (χ0n) is 19.1. The molecule has 32 heavy (non-hydrogen) atoms. The molecule has 0 aromatic heterocycles. The fourth-order valence-electron chi connectivity index (χ4n) is 3.90. The van der Waals surface area contributed by atoms with Gasteiger partial charge in [0, 0.05) is 46.0 Å². The summed E-state index contributed by atoms with van der Waals surface area (Å²) < 4.78 is 30.2. The Kier molecular flexibility index (Phi) is 13.4. The minimum absolute atomic E-state index is 0. The molecule has 182 valence electrons. The third kappa shape index (κ3) is 9.46. The Hall–Kier alpha value is -1.01. The van der Waals surface area contributed by atoms with Crippen LogP contribution in [0.25, 0.3) is 0 Å². The van der Waals surface area contributed by atoms with Crippen molar-refractivity contribution in [3.63, 3.8) is 0 Å². The summed E-state index contributed by atoms with van der Waals surface area (Å²) >= 11 is 0. The first-order valence-electron chi connectivity index (χ1n) is 11.5. The van der Waals surface area contributed by atoms with E-state index in [1.807, 2.05) is 12.1 Å². The number of hydrogen-bond acceptors (Lipinski definition) is 5. The molecule has 0 amide bonds. The lowest BCUT2D eigenvalue weighted by Gasteiger charge is -2.34. The quantitative estimate of drug-likeness (QED) is 0.197. The Morgan fingerprint density at radius 3 is 2.50 bits per heavy atom. The molecule has 1 unspecified atom stereocenters. The van der Waals surface area contributed by atoms with Crippen LogP contribution in [-0.4, -0.2) is 82.7 Å². The largest absolute Gasteiger partial charge is 0.381 e. The number of guanidine groups is 1. The zero-order chi connectivity index (χ0) is 21.7. The van der Waals surface area contributed by atoms with Crippen LogP contribution in [0.2, 0.25) is 0 Å². The highest BCUT2D eigenvalue weighted by Gasteiger charge is 2.22. The van der Waals surface area contributed by atoms with Crippen LogP contribution in [0.3, 0.4) is 0 Å². The third-order valence-electron chi connectivity index (χ3n) is 5.64. The smallest absolute Gasteiger partial charge is 0.191 e. The van der Waals surface area contributed by atoms with Gasteiger partial charge in [-0.15, -0.1) is 24.0 Å². The number of nitrogens with zero attached hydrogens (tertiary/aromatic N) is 2. The van der Waals surface area contributed by atoms with E-state index in [4.69, 9.17) is 19.2 Å². The summed E-state index contributed by atoms with van der Waals surface area (Å²) in [5.74, 6) is 0.583. The molecule has 2 N–H and O–H groups in total.